The van der Waals surface area contributed by atoms with Gasteiger partial charge in [-0.1, -0.05) is 22.9 Å². The Morgan fingerprint density at radius 2 is 1.80 bits per heavy atom. The van der Waals surface area contributed by atoms with E-state index >= 15 is 0 Å². The Labute approximate surface area is 124 Å². The van der Waals surface area contributed by atoms with Crippen molar-refractivity contribution in [3.05, 3.63) is 28.2 Å². The number of carbonyl (C=O) groups is 2. The van der Waals surface area contributed by atoms with Crippen LogP contribution in [0, 0.1) is 0 Å². The monoisotopic (exact) mass is 345 g/mol. The average Bonchev–Trinajstić information content (AvgIpc) is 2.32. The summed E-state index contributed by atoms with van der Waals surface area (Å²) in [5.41, 5.74) is 0.504. The number of aromatic hydroxyl groups is 1. The minimum atomic E-state index is -1.11. The molecule has 6 nitrogen and oxygen atoms in total. The highest BCUT2D eigenvalue weighted by Gasteiger charge is 2.25. The first kappa shape index (κ1) is 16.5. The molecule has 0 saturated carbocycles. The van der Waals surface area contributed by atoms with Gasteiger partial charge in [0.2, 0.25) is 0 Å². The van der Waals surface area contributed by atoms with E-state index in [9.17, 15) is 14.7 Å². The minimum absolute atomic E-state index is 0.0147. The molecule has 0 saturated heterocycles. The van der Waals surface area contributed by atoms with E-state index in [1.54, 1.807) is 12.1 Å². The summed E-state index contributed by atoms with van der Waals surface area (Å²) < 4.78 is 0.731. The Morgan fingerprint density at radius 1 is 1.25 bits per heavy atom. The van der Waals surface area contributed by atoms with Crippen LogP contribution >= 0.6 is 15.9 Å². The molecule has 0 aliphatic carbocycles. The fourth-order valence-electron chi connectivity index (χ4n) is 2.09. The summed E-state index contributed by atoms with van der Waals surface area (Å²) in [6, 6.07) is 4.33. The average molecular weight is 346 g/mol. The van der Waals surface area contributed by atoms with Crippen LogP contribution in [0.4, 0.5) is 0 Å². The Balaban J connectivity index is 3.14. The molecule has 0 fully saturated rings. The molecule has 0 spiro atoms. The molecule has 3 N–H and O–H groups in total. The van der Waals surface area contributed by atoms with E-state index in [4.69, 9.17) is 10.2 Å². The van der Waals surface area contributed by atoms with Gasteiger partial charge in [0, 0.05) is 16.1 Å². The number of hydrogen-bond donors (Lipinski definition) is 3. The van der Waals surface area contributed by atoms with Crippen molar-refractivity contribution in [3.8, 4) is 5.75 Å². The second-order valence-corrected chi connectivity index (χ2v) is 5.24. The number of nitrogens with zero attached hydrogens (tertiary/aromatic N) is 1. The lowest BCUT2D eigenvalue weighted by Gasteiger charge is -2.29. The minimum Gasteiger partial charge on any atom is -0.508 e. The van der Waals surface area contributed by atoms with Crippen LogP contribution in [0.2, 0.25) is 0 Å². The van der Waals surface area contributed by atoms with Crippen molar-refractivity contribution in [2.75, 3.05) is 13.1 Å². The predicted octanol–water partition coefficient (Wildman–Crippen LogP) is 2.08. The molecule has 0 aliphatic heterocycles. The summed E-state index contributed by atoms with van der Waals surface area (Å²) in [5.74, 6) is -2.21. The fraction of sp³-hybridized carbons (Fsp3) is 0.385. The molecular formula is C13H16BrNO5. The van der Waals surface area contributed by atoms with E-state index in [0.29, 0.717) is 12.0 Å². The van der Waals surface area contributed by atoms with Gasteiger partial charge in [-0.3, -0.25) is 14.5 Å². The van der Waals surface area contributed by atoms with Crippen molar-refractivity contribution in [2.24, 2.45) is 0 Å². The highest BCUT2D eigenvalue weighted by molar-refractivity contribution is 9.10. The van der Waals surface area contributed by atoms with Crippen molar-refractivity contribution < 1.29 is 24.9 Å². The zero-order valence-corrected chi connectivity index (χ0v) is 12.5. The summed E-state index contributed by atoms with van der Waals surface area (Å²) in [4.78, 5) is 23.1. The summed E-state index contributed by atoms with van der Waals surface area (Å²) in [7, 11) is 0. The van der Waals surface area contributed by atoms with E-state index in [2.05, 4.69) is 15.9 Å². The number of phenols is 1. The molecule has 20 heavy (non-hydrogen) atoms. The van der Waals surface area contributed by atoms with Crippen LogP contribution in [0.25, 0.3) is 0 Å². The van der Waals surface area contributed by atoms with Crippen molar-refractivity contribution >= 4 is 27.9 Å². The highest BCUT2D eigenvalue weighted by Crippen LogP contribution is 2.33. The van der Waals surface area contributed by atoms with Gasteiger partial charge >= 0.3 is 11.9 Å². The lowest BCUT2D eigenvalue weighted by atomic mass is 10.0. The number of carboxylic acids is 2. The third kappa shape index (κ3) is 4.50. The maximum atomic E-state index is 10.9. The van der Waals surface area contributed by atoms with Crippen LogP contribution in [0.15, 0.2) is 22.7 Å². The molecule has 0 amide bonds. The molecule has 1 aromatic rings. The Morgan fingerprint density at radius 3 is 2.25 bits per heavy atom. The van der Waals surface area contributed by atoms with E-state index in [0.717, 1.165) is 4.47 Å². The molecule has 1 rings (SSSR count). The van der Waals surface area contributed by atoms with Gasteiger partial charge in [-0.2, -0.15) is 0 Å². The maximum Gasteiger partial charge on any atom is 0.317 e. The van der Waals surface area contributed by atoms with Crippen LogP contribution in [0.3, 0.4) is 0 Å². The van der Waals surface area contributed by atoms with Crippen LogP contribution < -0.4 is 0 Å². The van der Waals surface area contributed by atoms with Crippen LogP contribution in [-0.2, 0) is 9.59 Å². The van der Waals surface area contributed by atoms with Gasteiger partial charge in [-0.25, -0.2) is 0 Å². The number of halogens is 1. The van der Waals surface area contributed by atoms with Gasteiger partial charge in [-0.15, -0.1) is 0 Å². The Bertz CT molecular complexity index is 490. The Kier molecular flexibility index (Phi) is 5.97. The molecule has 110 valence electrons. The first-order valence-corrected chi connectivity index (χ1v) is 6.80. The standard InChI is InChI=1S/C13H16BrNO5/c1-2-10(9-5-8(14)3-4-11(9)16)15(6-12(17)18)7-13(19)20/h3-5,10,16H,2,6-7H2,1H3,(H,17,18)(H,19,20). The van der Waals surface area contributed by atoms with Gasteiger partial charge in [0.05, 0.1) is 13.1 Å². The quantitative estimate of drug-likeness (QED) is 0.699. The molecule has 7 heteroatoms. The summed E-state index contributed by atoms with van der Waals surface area (Å²) >= 11 is 3.28. The molecule has 1 atom stereocenters. The van der Waals surface area contributed by atoms with Gasteiger partial charge < -0.3 is 15.3 Å². The molecule has 0 radical (unpaired) electrons. The zero-order valence-electron chi connectivity index (χ0n) is 10.9. The largest absolute Gasteiger partial charge is 0.508 e. The summed E-state index contributed by atoms with van der Waals surface area (Å²) in [6.07, 6.45) is 0.477. The predicted molar refractivity (Wildman–Crippen MR) is 75.7 cm³/mol. The third-order valence-corrected chi connectivity index (χ3v) is 3.35. The molecule has 0 aromatic heterocycles. The molecule has 0 bridgehead atoms. The number of hydrogen-bond acceptors (Lipinski definition) is 4. The van der Waals surface area contributed by atoms with Crippen molar-refractivity contribution in [1.29, 1.82) is 0 Å². The van der Waals surface area contributed by atoms with Crippen LogP contribution in [0.1, 0.15) is 24.9 Å². The van der Waals surface area contributed by atoms with Crippen molar-refractivity contribution in [1.82, 2.24) is 4.90 Å². The number of rotatable bonds is 7. The van der Waals surface area contributed by atoms with Gasteiger partial charge in [0.1, 0.15) is 5.75 Å². The SMILES string of the molecule is CCC(c1cc(Br)ccc1O)N(CC(=O)O)CC(=O)O. The number of phenolic OH excluding ortho intramolecular Hbond substituents is 1. The normalized spacial score (nSPS) is 12.3. The topological polar surface area (TPSA) is 98.1 Å². The van der Waals surface area contributed by atoms with Crippen molar-refractivity contribution in [2.45, 2.75) is 19.4 Å². The number of carboxylic acid groups (broad SMARTS) is 2. The zero-order chi connectivity index (χ0) is 15.3. The summed E-state index contributed by atoms with van der Waals surface area (Å²) in [5, 5.41) is 27.7. The molecule has 0 aliphatic rings. The first-order valence-electron chi connectivity index (χ1n) is 6.01. The van der Waals surface area contributed by atoms with E-state index < -0.39 is 31.1 Å². The van der Waals surface area contributed by atoms with Crippen LogP contribution in [-0.4, -0.2) is 45.2 Å². The summed E-state index contributed by atoms with van der Waals surface area (Å²) in [6.45, 7) is 0.995. The van der Waals surface area contributed by atoms with E-state index in [1.807, 2.05) is 6.92 Å². The number of aliphatic carboxylic acids is 2. The molecule has 0 heterocycles. The first-order chi connectivity index (χ1) is 9.35. The lowest BCUT2D eigenvalue weighted by Crippen LogP contribution is -2.37. The van der Waals surface area contributed by atoms with E-state index in [1.165, 1.54) is 11.0 Å². The Hall–Kier alpha value is -1.60. The lowest BCUT2D eigenvalue weighted by molar-refractivity contribution is -0.143. The van der Waals surface area contributed by atoms with E-state index in [-0.39, 0.29) is 5.75 Å². The van der Waals surface area contributed by atoms with Gasteiger partial charge in [0.15, 0.2) is 0 Å². The third-order valence-electron chi connectivity index (χ3n) is 2.85. The van der Waals surface area contributed by atoms with Gasteiger partial charge in [-0.05, 0) is 24.6 Å². The van der Waals surface area contributed by atoms with Crippen LogP contribution in [0.5, 0.6) is 5.75 Å². The second kappa shape index (κ2) is 7.25. The molecule has 1 aromatic carbocycles. The molecule has 1 unspecified atom stereocenters. The van der Waals surface area contributed by atoms with Gasteiger partial charge in [0.25, 0.3) is 0 Å². The maximum absolute atomic E-state index is 10.9. The fourth-order valence-corrected chi connectivity index (χ4v) is 2.47. The highest BCUT2D eigenvalue weighted by atomic mass is 79.9. The smallest absolute Gasteiger partial charge is 0.317 e. The van der Waals surface area contributed by atoms with Crippen molar-refractivity contribution in [3.63, 3.8) is 0 Å². The number of benzene rings is 1. The molecular weight excluding hydrogens is 330 g/mol. The second-order valence-electron chi connectivity index (χ2n) is 4.32.